The van der Waals surface area contributed by atoms with Crippen LogP contribution in [0.4, 0.5) is 0 Å². The zero-order valence-corrected chi connectivity index (χ0v) is 11.1. The van der Waals surface area contributed by atoms with Crippen LogP contribution >= 0.6 is 0 Å². The minimum Gasteiger partial charge on any atom is -0.497 e. The van der Waals surface area contributed by atoms with Crippen LogP contribution in [0.5, 0.6) is 5.75 Å². The molecule has 4 unspecified atom stereocenters. The SMILES string of the molecule is COc1cccc(C(C)NC2CC3CC=CC32)c1. The van der Waals surface area contributed by atoms with E-state index in [1.807, 2.05) is 6.07 Å². The quantitative estimate of drug-likeness (QED) is 0.819. The first kappa shape index (κ1) is 11.8. The molecule has 0 aliphatic heterocycles. The van der Waals surface area contributed by atoms with E-state index in [1.54, 1.807) is 7.11 Å². The number of rotatable bonds is 4. The summed E-state index contributed by atoms with van der Waals surface area (Å²) in [4.78, 5) is 0. The van der Waals surface area contributed by atoms with Crippen molar-refractivity contribution in [3.8, 4) is 5.75 Å². The van der Waals surface area contributed by atoms with Crippen molar-refractivity contribution in [1.29, 1.82) is 0 Å². The van der Waals surface area contributed by atoms with Gasteiger partial charge in [-0.2, -0.15) is 0 Å². The van der Waals surface area contributed by atoms with Gasteiger partial charge < -0.3 is 10.1 Å². The van der Waals surface area contributed by atoms with Crippen molar-refractivity contribution < 1.29 is 4.74 Å². The summed E-state index contributed by atoms with van der Waals surface area (Å²) in [5.41, 5.74) is 1.31. The lowest BCUT2D eigenvalue weighted by Crippen LogP contribution is -2.48. The highest BCUT2D eigenvalue weighted by atomic mass is 16.5. The first-order chi connectivity index (χ1) is 8.78. The molecule has 96 valence electrons. The molecule has 2 nitrogen and oxygen atoms in total. The lowest BCUT2D eigenvalue weighted by molar-refractivity contribution is 0.152. The number of benzene rings is 1. The average Bonchev–Trinajstić information content (AvgIpc) is 2.77. The van der Waals surface area contributed by atoms with E-state index in [-0.39, 0.29) is 0 Å². The Morgan fingerprint density at radius 3 is 3.06 bits per heavy atom. The lowest BCUT2D eigenvalue weighted by atomic mass is 9.71. The van der Waals surface area contributed by atoms with E-state index in [1.165, 1.54) is 18.4 Å². The Kier molecular flexibility index (Phi) is 3.13. The number of nitrogens with one attached hydrogen (secondary N) is 1. The van der Waals surface area contributed by atoms with E-state index >= 15 is 0 Å². The summed E-state index contributed by atoms with van der Waals surface area (Å²) < 4.78 is 5.28. The topological polar surface area (TPSA) is 21.3 Å². The zero-order valence-electron chi connectivity index (χ0n) is 11.1. The second-order valence-corrected chi connectivity index (χ2v) is 5.51. The predicted molar refractivity (Wildman–Crippen MR) is 73.7 cm³/mol. The Balaban J connectivity index is 1.64. The highest BCUT2D eigenvalue weighted by Gasteiger charge is 2.41. The van der Waals surface area contributed by atoms with Crippen molar-refractivity contribution in [2.45, 2.75) is 31.8 Å². The van der Waals surface area contributed by atoms with Crippen LogP contribution in [0, 0.1) is 11.8 Å². The first-order valence-corrected chi connectivity index (χ1v) is 6.84. The minimum absolute atomic E-state index is 0.389. The first-order valence-electron chi connectivity index (χ1n) is 6.84. The van der Waals surface area contributed by atoms with Crippen molar-refractivity contribution >= 4 is 0 Å². The van der Waals surface area contributed by atoms with E-state index in [0.717, 1.165) is 17.6 Å². The average molecular weight is 243 g/mol. The smallest absolute Gasteiger partial charge is 0.119 e. The number of ether oxygens (including phenoxy) is 1. The van der Waals surface area contributed by atoms with Gasteiger partial charge in [0.05, 0.1) is 7.11 Å². The summed E-state index contributed by atoms with van der Waals surface area (Å²) in [6, 6.07) is 9.40. The highest BCUT2D eigenvalue weighted by molar-refractivity contribution is 5.30. The molecule has 4 atom stereocenters. The molecule has 0 heterocycles. The molecule has 3 rings (SSSR count). The molecule has 0 saturated heterocycles. The molecule has 1 fully saturated rings. The number of hydrogen-bond donors (Lipinski definition) is 1. The van der Waals surface area contributed by atoms with Gasteiger partial charge in [-0.1, -0.05) is 24.3 Å². The van der Waals surface area contributed by atoms with Gasteiger partial charge >= 0.3 is 0 Å². The van der Waals surface area contributed by atoms with Gasteiger partial charge in [0.2, 0.25) is 0 Å². The van der Waals surface area contributed by atoms with Crippen LogP contribution in [-0.4, -0.2) is 13.2 Å². The molecule has 1 saturated carbocycles. The largest absolute Gasteiger partial charge is 0.497 e. The molecular weight excluding hydrogens is 222 g/mol. The molecule has 2 aliphatic rings. The van der Waals surface area contributed by atoms with Crippen LogP contribution in [-0.2, 0) is 0 Å². The number of methoxy groups -OCH3 is 1. The summed E-state index contributed by atoms with van der Waals surface area (Å²) in [6.07, 6.45) is 7.35. The van der Waals surface area contributed by atoms with Gasteiger partial charge in [0.25, 0.3) is 0 Å². The summed E-state index contributed by atoms with van der Waals surface area (Å²) >= 11 is 0. The standard InChI is InChI=1S/C16H21NO/c1-11(12-5-3-7-14(9-12)18-2)17-16-10-13-6-4-8-15(13)16/h3-5,7-9,11,13,15-17H,6,10H2,1-2H3. The zero-order chi connectivity index (χ0) is 12.5. The number of allylic oxidation sites excluding steroid dienone is 1. The third-order valence-corrected chi connectivity index (χ3v) is 4.42. The molecule has 0 amide bonds. The molecule has 2 heteroatoms. The van der Waals surface area contributed by atoms with Crippen LogP contribution in [0.2, 0.25) is 0 Å². The van der Waals surface area contributed by atoms with Gasteiger partial charge in [-0.3, -0.25) is 0 Å². The molecule has 1 aromatic carbocycles. The molecule has 1 aromatic rings. The minimum atomic E-state index is 0.389. The van der Waals surface area contributed by atoms with Crippen molar-refractivity contribution in [1.82, 2.24) is 5.32 Å². The molecular formula is C16H21NO. The molecule has 0 aromatic heterocycles. The maximum Gasteiger partial charge on any atom is 0.119 e. The van der Waals surface area contributed by atoms with Crippen molar-refractivity contribution in [3.63, 3.8) is 0 Å². The van der Waals surface area contributed by atoms with E-state index in [2.05, 4.69) is 42.6 Å². The van der Waals surface area contributed by atoms with Crippen LogP contribution < -0.4 is 10.1 Å². The van der Waals surface area contributed by atoms with Crippen molar-refractivity contribution in [3.05, 3.63) is 42.0 Å². The molecule has 18 heavy (non-hydrogen) atoms. The summed E-state index contributed by atoms with van der Waals surface area (Å²) in [5.74, 6) is 2.63. The predicted octanol–water partition coefficient (Wildman–Crippen LogP) is 3.31. The molecule has 0 spiro atoms. The molecule has 0 bridgehead atoms. The maximum absolute atomic E-state index is 5.28. The number of fused-ring (bicyclic) bond motifs is 1. The Labute approximate surface area is 109 Å². The second-order valence-electron chi connectivity index (χ2n) is 5.51. The van der Waals surface area contributed by atoms with Crippen LogP contribution in [0.25, 0.3) is 0 Å². The lowest BCUT2D eigenvalue weighted by Gasteiger charge is -2.42. The van der Waals surface area contributed by atoms with Crippen molar-refractivity contribution in [2.24, 2.45) is 11.8 Å². The second kappa shape index (κ2) is 4.77. The summed E-state index contributed by atoms with van der Waals surface area (Å²) in [5, 5.41) is 3.75. The maximum atomic E-state index is 5.28. The van der Waals surface area contributed by atoms with Crippen LogP contribution in [0.15, 0.2) is 36.4 Å². The van der Waals surface area contributed by atoms with Crippen LogP contribution in [0.3, 0.4) is 0 Å². The monoisotopic (exact) mass is 243 g/mol. The van der Waals surface area contributed by atoms with Gasteiger partial charge in [-0.05, 0) is 49.3 Å². The van der Waals surface area contributed by atoms with Gasteiger partial charge in [0.15, 0.2) is 0 Å². The fourth-order valence-electron chi connectivity index (χ4n) is 3.24. The normalized spacial score (nSPS) is 30.7. The van der Waals surface area contributed by atoms with E-state index in [0.29, 0.717) is 12.1 Å². The molecule has 1 N–H and O–H groups in total. The Bertz CT molecular complexity index is 454. The van der Waals surface area contributed by atoms with Crippen LogP contribution in [0.1, 0.15) is 31.4 Å². The van der Waals surface area contributed by atoms with Gasteiger partial charge in [0, 0.05) is 12.1 Å². The third kappa shape index (κ3) is 2.05. The van der Waals surface area contributed by atoms with Gasteiger partial charge in [0.1, 0.15) is 5.75 Å². The third-order valence-electron chi connectivity index (χ3n) is 4.42. The Morgan fingerprint density at radius 1 is 1.39 bits per heavy atom. The molecule has 2 aliphatic carbocycles. The molecule has 0 radical (unpaired) electrons. The fourth-order valence-corrected chi connectivity index (χ4v) is 3.24. The fraction of sp³-hybridized carbons (Fsp3) is 0.500. The van der Waals surface area contributed by atoms with E-state index < -0.39 is 0 Å². The summed E-state index contributed by atoms with van der Waals surface area (Å²) in [6.45, 7) is 2.24. The number of hydrogen-bond acceptors (Lipinski definition) is 2. The van der Waals surface area contributed by atoms with E-state index in [4.69, 9.17) is 4.74 Å². The van der Waals surface area contributed by atoms with E-state index in [9.17, 15) is 0 Å². The summed E-state index contributed by atoms with van der Waals surface area (Å²) in [7, 11) is 1.72. The highest BCUT2D eigenvalue weighted by Crippen LogP contribution is 2.43. The van der Waals surface area contributed by atoms with Crippen molar-refractivity contribution in [2.75, 3.05) is 7.11 Å². The Morgan fingerprint density at radius 2 is 2.28 bits per heavy atom. The van der Waals surface area contributed by atoms with Gasteiger partial charge in [-0.15, -0.1) is 0 Å². The Hall–Kier alpha value is -1.28. The van der Waals surface area contributed by atoms with Gasteiger partial charge in [-0.25, -0.2) is 0 Å².